The van der Waals surface area contributed by atoms with Gasteiger partial charge in [-0.05, 0) is 60.7 Å². The third kappa shape index (κ3) is 6.79. The lowest BCUT2D eigenvalue weighted by Gasteiger charge is -2.08. The van der Waals surface area contributed by atoms with Crippen molar-refractivity contribution >= 4 is 29.3 Å². The third-order valence-corrected chi connectivity index (χ3v) is 4.83. The van der Waals surface area contributed by atoms with Gasteiger partial charge in [-0.2, -0.15) is 26.7 Å². The van der Waals surface area contributed by atoms with Crippen molar-refractivity contribution in [2.45, 2.75) is 12.2 Å². The SMILES string of the molecule is COc1ccc(OCCCSCc2nc(N)nc(Nc3ccc(F)cc3)n2)cc1. The van der Waals surface area contributed by atoms with E-state index < -0.39 is 0 Å². The minimum absolute atomic E-state index is 0.142. The normalized spacial score (nSPS) is 10.6. The fourth-order valence-corrected chi connectivity index (χ4v) is 3.19. The standard InChI is InChI=1S/C20H22FN5O2S/c1-27-16-7-9-17(10-8-16)28-11-2-12-29-13-18-24-19(22)26-20(25-18)23-15-5-3-14(21)4-6-15/h3-10H,2,11-13H2,1H3,(H3,22,23,24,25,26). The second-order valence-electron chi connectivity index (χ2n) is 6.00. The topological polar surface area (TPSA) is 95.2 Å². The number of anilines is 3. The summed E-state index contributed by atoms with van der Waals surface area (Å²) in [4.78, 5) is 12.6. The summed E-state index contributed by atoms with van der Waals surface area (Å²) in [6.07, 6.45) is 0.887. The average Bonchev–Trinajstić information content (AvgIpc) is 2.72. The summed E-state index contributed by atoms with van der Waals surface area (Å²) in [5, 5.41) is 3.00. The summed E-state index contributed by atoms with van der Waals surface area (Å²) in [5.41, 5.74) is 6.45. The number of hydrogen-bond donors (Lipinski definition) is 2. The molecular formula is C20H22FN5O2S. The van der Waals surface area contributed by atoms with Crippen LogP contribution in [0.2, 0.25) is 0 Å². The zero-order valence-corrected chi connectivity index (χ0v) is 16.8. The number of halogens is 1. The van der Waals surface area contributed by atoms with E-state index in [0.717, 1.165) is 23.7 Å². The van der Waals surface area contributed by atoms with Crippen molar-refractivity contribution in [3.8, 4) is 11.5 Å². The summed E-state index contributed by atoms with van der Waals surface area (Å²) in [5.74, 6) is 3.87. The molecule has 1 aromatic heterocycles. The highest BCUT2D eigenvalue weighted by Crippen LogP contribution is 2.18. The number of benzene rings is 2. The molecule has 0 spiro atoms. The number of hydrogen-bond acceptors (Lipinski definition) is 8. The minimum atomic E-state index is -0.307. The van der Waals surface area contributed by atoms with Crippen LogP contribution >= 0.6 is 11.8 Å². The molecule has 0 saturated heterocycles. The van der Waals surface area contributed by atoms with Gasteiger partial charge in [-0.1, -0.05) is 0 Å². The smallest absolute Gasteiger partial charge is 0.232 e. The third-order valence-electron chi connectivity index (χ3n) is 3.79. The molecule has 0 bridgehead atoms. The number of nitrogens with zero attached hydrogens (tertiary/aromatic N) is 3. The van der Waals surface area contributed by atoms with Crippen molar-refractivity contribution < 1.29 is 13.9 Å². The molecule has 0 amide bonds. The van der Waals surface area contributed by atoms with Crippen LogP contribution in [0.25, 0.3) is 0 Å². The van der Waals surface area contributed by atoms with Crippen molar-refractivity contribution in [2.75, 3.05) is 30.5 Å². The molecular weight excluding hydrogens is 393 g/mol. The summed E-state index contributed by atoms with van der Waals surface area (Å²) < 4.78 is 23.8. The van der Waals surface area contributed by atoms with Crippen LogP contribution in [0.15, 0.2) is 48.5 Å². The predicted molar refractivity (Wildman–Crippen MR) is 113 cm³/mol. The number of methoxy groups -OCH3 is 1. The average molecular weight is 415 g/mol. The molecule has 0 aliphatic rings. The second kappa shape index (κ2) is 10.5. The van der Waals surface area contributed by atoms with E-state index >= 15 is 0 Å². The monoisotopic (exact) mass is 415 g/mol. The van der Waals surface area contributed by atoms with E-state index in [4.69, 9.17) is 15.2 Å². The maximum absolute atomic E-state index is 13.0. The molecule has 0 fully saturated rings. The molecule has 0 aliphatic carbocycles. The van der Waals surface area contributed by atoms with E-state index in [1.807, 2.05) is 24.3 Å². The Kier molecular flexibility index (Phi) is 7.46. The number of nitrogens with one attached hydrogen (secondary N) is 1. The summed E-state index contributed by atoms with van der Waals surface area (Å²) in [6, 6.07) is 13.4. The van der Waals surface area contributed by atoms with Crippen LogP contribution in [0.1, 0.15) is 12.2 Å². The number of nitrogens with two attached hydrogens (primary N) is 1. The Hall–Kier alpha value is -3.07. The van der Waals surface area contributed by atoms with Gasteiger partial charge >= 0.3 is 0 Å². The molecule has 0 atom stereocenters. The van der Waals surface area contributed by atoms with Gasteiger partial charge < -0.3 is 20.5 Å². The Morgan fingerprint density at radius 2 is 1.72 bits per heavy atom. The number of nitrogen functional groups attached to an aromatic ring is 1. The van der Waals surface area contributed by atoms with Gasteiger partial charge in [0, 0.05) is 5.69 Å². The maximum atomic E-state index is 13.0. The number of aromatic nitrogens is 3. The van der Waals surface area contributed by atoms with E-state index in [1.54, 1.807) is 31.0 Å². The number of thioether (sulfide) groups is 1. The molecule has 3 aromatic rings. The highest BCUT2D eigenvalue weighted by Gasteiger charge is 2.06. The Balaban J connectivity index is 1.41. The molecule has 7 nitrogen and oxygen atoms in total. The van der Waals surface area contributed by atoms with Gasteiger partial charge in [-0.15, -0.1) is 0 Å². The second-order valence-corrected chi connectivity index (χ2v) is 7.10. The highest BCUT2D eigenvalue weighted by molar-refractivity contribution is 7.98. The molecule has 1 heterocycles. The Labute approximate surface area is 172 Å². The zero-order valence-electron chi connectivity index (χ0n) is 16.0. The predicted octanol–water partition coefficient (Wildman–Crippen LogP) is 4.05. The van der Waals surface area contributed by atoms with E-state index in [-0.39, 0.29) is 11.8 Å². The van der Waals surface area contributed by atoms with Crippen LogP contribution in [-0.4, -0.2) is 34.4 Å². The Morgan fingerprint density at radius 3 is 2.45 bits per heavy atom. The van der Waals surface area contributed by atoms with Gasteiger partial charge in [-0.25, -0.2) is 4.39 Å². The molecule has 152 valence electrons. The Morgan fingerprint density at radius 1 is 1.00 bits per heavy atom. The molecule has 9 heteroatoms. The summed E-state index contributed by atoms with van der Waals surface area (Å²) >= 11 is 1.69. The fourth-order valence-electron chi connectivity index (χ4n) is 2.41. The van der Waals surface area contributed by atoms with Gasteiger partial charge in [0.25, 0.3) is 0 Å². The lowest BCUT2D eigenvalue weighted by Crippen LogP contribution is -2.07. The quantitative estimate of drug-likeness (QED) is 0.479. The summed E-state index contributed by atoms with van der Waals surface area (Å²) in [7, 11) is 1.63. The molecule has 0 radical (unpaired) electrons. The van der Waals surface area contributed by atoms with Crippen LogP contribution < -0.4 is 20.5 Å². The first-order valence-corrected chi connectivity index (χ1v) is 10.2. The summed E-state index contributed by atoms with van der Waals surface area (Å²) in [6.45, 7) is 0.621. The van der Waals surface area contributed by atoms with Crippen molar-refractivity contribution in [1.82, 2.24) is 15.0 Å². The minimum Gasteiger partial charge on any atom is -0.497 e. The van der Waals surface area contributed by atoms with E-state index in [9.17, 15) is 4.39 Å². The van der Waals surface area contributed by atoms with Crippen LogP contribution in [0.4, 0.5) is 22.0 Å². The Bertz CT molecular complexity index is 910. The molecule has 2 aromatic carbocycles. The van der Waals surface area contributed by atoms with Crippen LogP contribution in [0.5, 0.6) is 11.5 Å². The van der Waals surface area contributed by atoms with Gasteiger partial charge in [0.05, 0.1) is 19.5 Å². The van der Waals surface area contributed by atoms with Gasteiger partial charge in [0.2, 0.25) is 11.9 Å². The number of ether oxygens (including phenoxy) is 2. The first-order chi connectivity index (χ1) is 14.1. The first kappa shape index (κ1) is 20.7. The highest BCUT2D eigenvalue weighted by atomic mass is 32.2. The van der Waals surface area contributed by atoms with Crippen LogP contribution in [0, 0.1) is 5.82 Å². The molecule has 0 saturated carbocycles. The lowest BCUT2D eigenvalue weighted by molar-refractivity contribution is 0.318. The molecule has 0 aliphatic heterocycles. The molecule has 3 N–H and O–H groups in total. The van der Waals surface area contributed by atoms with Crippen molar-refractivity contribution in [2.24, 2.45) is 0 Å². The fraction of sp³-hybridized carbons (Fsp3) is 0.250. The van der Waals surface area contributed by atoms with Crippen LogP contribution in [0.3, 0.4) is 0 Å². The van der Waals surface area contributed by atoms with Crippen molar-refractivity contribution in [1.29, 1.82) is 0 Å². The van der Waals surface area contributed by atoms with E-state index in [0.29, 0.717) is 29.8 Å². The molecule has 0 unspecified atom stereocenters. The van der Waals surface area contributed by atoms with Crippen molar-refractivity contribution in [3.05, 3.63) is 60.2 Å². The largest absolute Gasteiger partial charge is 0.497 e. The maximum Gasteiger partial charge on any atom is 0.232 e. The molecule has 29 heavy (non-hydrogen) atoms. The van der Waals surface area contributed by atoms with Gasteiger partial charge in [0.1, 0.15) is 23.1 Å². The van der Waals surface area contributed by atoms with Crippen molar-refractivity contribution in [3.63, 3.8) is 0 Å². The lowest BCUT2D eigenvalue weighted by atomic mass is 10.3. The zero-order chi connectivity index (χ0) is 20.5. The number of rotatable bonds is 10. The van der Waals surface area contributed by atoms with Gasteiger partial charge in [0.15, 0.2) is 0 Å². The van der Waals surface area contributed by atoms with Gasteiger partial charge in [-0.3, -0.25) is 0 Å². The first-order valence-electron chi connectivity index (χ1n) is 9.00. The van der Waals surface area contributed by atoms with E-state index in [2.05, 4.69) is 20.3 Å². The van der Waals surface area contributed by atoms with Crippen LogP contribution in [-0.2, 0) is 5.75 Å². The molecule has 3 rings (SSSR count). The van der Waals surface area contributed by atoms with E-state index in [1.165, 1.54) is 12.1 Å².